The van der Waals surface area contributed by atoms with Crippen LogP contribution in [-0.4, -0.2) is 41.4 Å². The molecule has 0 saturated carbocycles. The summed E-state index contributed by atoms with van der Waals surface area (Å²) in [5.74, 6) is 2.04. The Hall–Kier alpha value is -4.58. The maximum atomic E-state index is 12.3. The van der Waals surface area contributed by atoms with Gasteiger partial charge in [-0.2, -0.15) is 0 Å². The fourth-order valence-electron chi connectivity index (χ4n) is 3.51. The molecule has 3 N–H and O–H groups in total. The van der Waals surface area contributed by atoms with Gasteiger partial charge in [0.1, 0.15) is 6.61 Å². The molecule has 0 bridgehead atoms. The maximum Gasteiger partial charge on any atom is 0.414 e. The minimum Gasteiger partial charge on any atom is -0.472 e. The van der Waals surface area contributed by atoms with E-state index in [4.69, 9.17) is 14.4 Å². The number of carboxylic acids is 1. The lowest BCUT2D eigenvalue weighted by atomic mass is 9.98. The lowest BCUT2D eigenvalue weighted by molar-refractivity contribution is -0.130. The number of hydrogen-bond donors (Lipinski definition) is 3. The molecule has 0 radical (unpaired) electrons. The predicted octanol–water partition coefficient (Wildman–Crippen LogP) is 2.85. The van der Waals surface area contributed by atoms with Crippen molar-refractivity contribution in [1.29, 1.82) is 0 Å². The molecule has 0 aliphatic heterocycles. The number of aromatic nitrogens is 1. The number of anilines is 1. The fraction of sp³-hybridized carbons (Fsp3) is 0.130. The van der Waals surface area contributed by atoms with Gasteiger partial charge in [0.15, 0.2) is 5.69 Å². The molecule has 0 spiro atoms. The van der Waals surface area contributed by atoms with Crippen molar-refractivity contribution in [2.45, 2.75) is 5.92 Å². The highest BCUT2D eigenvalue weighted by Crippen LogP contribution is 2.44. The molecular formula is C23H17N3O6. The molecule has 2 amide bonds. The van der Waals surface area contributed by atoms with E-state index in [1.54, 1.807) is 0 Å². The van der Waals surface area contributed by atoms with Crippen molar-refractivity contribution in [3.05, 3.63) is 71.4 Å². The van der Waals surface area contributed by atoms with Gasteiger partial charge in [-0.1, -0.05) is 59.6 Å². The second-order valence-corrected chi connectivity index (χ2v) is 6.82. The zero-order chi connectivity index (χ0) is 22.5. The SMILES string of the molecule is O=C(O)C#CCNC(=O)c1cc(NC(=O)OCC2c3ccccc3-c3ccccc32)on1. The molecule has 1 heterocycles. The highest BCUT2D eigenvalue weighted by Gasteiger charge is 2.29. The van der Waals surface area contributed by atoms with Crippen LogP contribution < -0.4 is 10.6 Å². The summed E-state index contributed by atoms with van der Waals surface area (Å²) < 4.78 is 10.3. The molecule has 0 saturated heterocycles. The summed E-state index contributed by atoms with van der Waals surface area (Å²) in [6.45, 7) is -0.0449. The molecule has 0 unspecified atom stereocenters. The molecule has 0 atom stereocenters. The van der Waals surface area contributed by atoms with Gasteiger partial charge in [0.05, 0.1) is 6.54 Å². The van der Waals surface area contributed by atoms with E-state index in [-0.39, 0.29) is 30.6 Å². The van der Waals surface area contributed by atoms with E-state index in [2.05, 4.69) is 21.7 Å². The standard InChI is InChI=1S/C23H17N3O6/c27-21(28)10-5-11-24-22(29)19-12-20(32-26-19)25-23(30)31-13-18-16-8-3-1-6-14(16)15-7-2-4-9-17(15)18/h1-4,6-9,12,18H,11,13H2,(H,24,29)(H,25,30)(H,27,28). The number of carbonyl (C=O) groups excluding carboxylic acids is 2. The first-order valence-electron chi connectivity index (χ1n) is 9.61. The molecule has 3 aromatic rings. The Labute approximate surface area is 182 Å². The molecule has 160 valence electrons. The summed E-state index contributed by atoms with van der Waals surface area (Å²) >= 11 is 0. The first-order valence-corrected chi connectivity index (χ1v) is 9.61. The molecule has 9 nitrogen and oxygen atoms in total. The van der Waals surface area contributed by atoms with E-state index >= 15 is 0 Å². The van der Waals surface area contributed by atoms with Gasteiger partial charge in [-0.3, -0.25) is 10.1 Å². The number of aliphatic carboxylic acids is 1. The molecule has 1 aliphatic carbocycles. The van der Waals surface area contributed by atoms with E-state index in [9.17, 15) is 14.4 Å². The van der Waals surface area contributed by atoms with E-state index in [0.29, 0.717) is 0 Å². The van der Waals surface area contributed by atoms with Crippen molar-refractivity contribution in [2.75, 3.05) is 18.5 Å². The normalized spacial score (nSPS) is 11.5. The van der Waals surface area contributed by atoms with Gasteiger partial charge in [-0.25, -0.2) is 9.59 Å². The lowest BCUT2D eigenvalue weighted by Gasteiger charge is -2.13. The number of benzene rings is 2. The van der Waals surface area contributed by atoms with Crippen molar-refractivity contribution in [3.8, 4) is 23.0 Å². The smallest absolute Gasteiger partial charge is 0.414 e. The molecule has 2 aromatic carbocycles. The highest BCUT2D eigenvalue weighted by atomic mass is 16.6. The largest absolute Gasteiger partial charge is 0.472 e. The second kappa shape index (κ2) is 9.06. The van der Waals surface area contributed by atoms with Gasteiger partial charge in [0, 0.05) is 17.9 Å². The Morgan fingerprint density at radius 2 is 1.72 bits per heavy atom. The van der Waals surface area contributed by atoms with Gasteiger partial charge in [0.25, 0.3) is 5.91 Å². The van der Waals surface area contributed by atoms with Crippen LogP contribution in [0.25, 0.3) is 11.1 Å². The minimum atomic E-state index is -1.30. The van der Waals surface area contributed by atoms with Crippen LogP contribution in [0.4, 0.5) is 10.7 Å². The van der Waals surface area contributed by atoms with Crippen molar-refractivity contribution < 1.29 is 28.8 Å². The third-order valence-electron chi connectivity index (χ3n) is 4.84. The van der Waals surface area contributed by atoms with Crippen molar-refractivity contribution >= 4 is 23.9 Å². The first kappa shape index (κ1) is 20.7. The van der Waals surface area contributed by atoms with Crippen LogP contribution in [-0.2, 0) is 9.53 Å². The summed E-state index contributed by atoms with van der Waals surface area (Å²) in [6, 6.07) is 17.2. The minimum absolute atomic E-state index is 0.0657. The third-order valence-corrected chi connectivity index (χ3v) is 4.84. The number of nitrogens with one attached hydrogen (secondary N) is 2. The average Bonchev–Trinajstić information content (AvgIpc) is 3.38. The van der Waals surface area contributed by atoms with Crippen LogP contribution in [0.5, 0.6) is 0 Å². The summed E-state index contributed by atoms with van der Waals surface area (Å²) in [6.07, 6.45) is -0.748. The number of nitrogens with zero attached hydrogens (tertiary/aromatic N) is 1. The van der Waals surface area contributed by atoms with Gasteiger partial charge in [-0.05, 0) is 22.3 Å². The molecule has 9 heteroatoms. The van der Waals surface area contributed by atoms with Crippen molar-refractivity contribution in [3.63, 3.8) is 0 Å². The number of fused-ring (bicyclic) bond motifs is 3. The van der Waals surface area contributed by atoms with Gasteiger partial charge in [-0.15, -0.1) is 0 Å². The van der Waals surface area contributed by atoms with Crippen molar-refractivity contribution in [2.24, 2.45) is 0 Å². The Balaban J connectivity index is 1.34. The Kier molecular flexibility index (Phi) is 5.85. The maximum absolute atomic E-state index is 12.3. The molecule has 0 fully saturated rings. The monoisotopic (exact) mass is 431 g/mol. The topological polar surface area (TPSA) is 131 Å². The molecule has 4 rings (SSSR count). The van der Waals surface area contributed by atoms with Crippen LogP contribution in [0.15, 0.2) is 59.1 Å². The number of carboxylic acid groups (broad SMARTS) is 1. The number of amides is 2. The van der Waals surface area contributed by atoms with E-state index in [1.807, 2.05) is 54.5 Å². The van der Waals surface area contributed by atoms with Crippen LogP contribution >= 0.6 is 0 Å². The summed E-state index contributed by atoms with van der Waals surface area (Å²) in [5.41, 5.74) is 4.32. The second-order valence-electron chi connectivity index (χ2n) is 6.82. The number of rotatable bonds is 5. The van der Waals surface area contributed by atoms with Gasteiger partial charge in [0.2, 0.25) is 5.88 Å². The molecule has 1 aliphatic rings. The fourth-order valence-corrected chi connectivity index (χ4v) is 3.51. The Morgan fingerprint density at radius 3 is 2.38 bits per heavy atom. The van der Waals surface area contributed by atoms with Crippen molar-refractivity contribution in [1.82, 2.24) is 10.5 Å². The van der Waals surface area contributed by atoms with Gasteiger partial charge >= 0.3 is 12.1 Å². The van der Waals surface area contributed by atoms with Gasteiger partial charge < -0.3 is 19.7 Å². The molecular weight excluding hydrogens is 414 g/mol. The van der Waals surface area contributed by atoms with Crippen LogP contribution in [0.1, 0.15) is 27.5 Å². The molecule has 1 aromatic heterocycles. The summed E-state index contributed by atoms with van der Waals surface area (Å²) in [4.78, 5) is 34.5. The van der Waals surface area contributed by atoms with E-state index in [1.165, 1.54) is 6.07 Å². The number of ether oxygens (including phenoxy) is 1. The zero-order valence-corrected chi connectivity index (χ0v) is 16.6. The zero-order valence-electron chi connectivity index (χ0n) is 16.6. The number of hydrogen-bond acceptors (Lipinski definition) is 6. The third kappa shape index (κ3) is 4.44. The summed E-state index contributed by atoms with van der Waals surface area (Å²) in [5, 5.41) is 16.7. The number of carbonyl (C=O) groups is 3. The highest BCUT2D eigenvalue weighted by molar-refractivity contribution is 5.94. The van der Waals surface area contributed by atoms with E-state index < -0.39 is 18.0 Å². The van der Waals surface area contributed by atoms with Crippen LogP contribution in [0.2, 0.25) is 0 Å². The quantitative estimate of drug-likeness (QED) is 0.530. The Bertz CT molecular complexity index is 1210. The lowest BCUT2D eigenvalue weighted by Crippen LogP contribution is -2.24. The average molecular weight is 431 g/mol. The van der Waals surface area contributed by atoms with E-state index in [0.717, 1.165) is 22.3 Å². The first-order chi connectivity index (χ1) is 15.5. The summed E-state index contributed by atoms with van der Waals surface area (Å²) in [7, 11) is 0. The predicted molar refractivity (Wildman–Crippen MR) is 113 cm³/mol. The van der Waals surface area contributed by atoms with Crippen LogP contribution in [0.3, 0.4) is 0 Å². The van der Waals surface area contributed by atoms with Crippen LogP contribution in [0, 0.1) is 11.8 Å². The Morgan fingerprint density at radius 1 is 1.06 bits per heavy atom. The molecule has 32 heavy (non-hydrogen) atoms.